The van der Waals surface area contributed by atoms with Crippen LogP contribution in [0.2, 0.25) is 0 Å². The molecule has 2 rings (SSSR count). The summed E-state index contributed by atoms with van der Waals surface area (Å²) in [7, 11) is 0. The molecule has 1 atom stereocenters. The fourth-order valence-electron chi connectivity index (χ4n) is 2.20. The summed E-state index contributed by atoms with van der Waals surface area (Å²) >= 11 is 0. The lowest BCUT2D eigenvalue weighted by molar-refractivity contribution is -0.384. The average molecular weight is 235 g/mol. The Morgan fingerprint density at radius 1 is 1.53 bits per heavy atom. The predicted molar refractivity (Wildman–Crippen MR) is 67.5 cm³/mol. The van der Waals surface area contributed by atoms with Crippen molar-refractivity contribution >= 4 is 11.4 Å². The first-order valence-electron chi connectivity index (χ1n) is 5.81. The van der Waals surface area contributed by atoms with Gasteiger partial charge < -0.3 is 10.2 Å². The van der Waals surface area contributed by atoms with Gasteiger partial charge in [0.1, 0.15) is 5.69 Å². The second-order valence-corrected chi connectivity index (χ2v) is 4.55. The van der Waals surface area contributed by atoms with Crippen molar-refractivity contribution < 1.29 is 4.92 Å². The number of anilines is 1. The van der Waals surface area contributed by atoms with Gasteiger partial charge in [0, 0.05) is 31.7 Å². The molecular formula is C12H17N3O2. The molecule has 0 saturated carbocycles. The summed E-state index contributed by atoms with van der Waals surface area (Å²) in [4.78, 5) is 12.8. The molecule has 1 aromatic carbocycles. The lowest BCUT2D eigenvalue weighted by atomic mass is 10.1. The zero-order valence-electron chi connectivity index (χ0n) is 10.1. The van der Waals surface area contributed by atoms with Gasteiger partial charge in [-0.25, -0.2) is 0 Å². The molecule has 92 valence electrons. The minimum Gasteiger partial charge on any atom is -0.363 e. The molecule has 17 heavy (non-hydrogen) atoms. The third-order valence-corrected chi connectivity index (χ3v) is 3.04. The Morgan fingerprint density at radius 3 is 2.94 bits per heavy atom. The molecule has 0 amide bonds. The first-order valence-corrected chi connectivity index (χ1v) is 5.81. The maximum absolute atomic E-state index is 11.1. The molecule has 1 aliphatic heterocycles. The van der Waals surface area contributed by atoms with Gasteiger partial charge in [-0.3, -0.25) is 10.1 Å². The molecule has 0 aromatic heterocycles. The van der Waals surface area contributed by atoms with Crippen LogP contribution in [0, 0.1) is 17.0 Å². The van der Waals surface area contributed by atoms with Crippen LogP contribution in [-0.2, 0) is 0 Å². The van der Waals surface area contributed by atoms with Crippen LogP contribution < -0.4 is 10.2 Å². The fraction of sp³-hybridized carbons (Fsp3) is 0.500. The minimum atomic E-state index is -0.297. The van der Waals surface area contributed by atoms with Gasteiger partial charge in [-0.05, 0) is 25.5 Å². The smallest absolute Gasteiger partial charge is 0.292 e. The lowest BCUT2D eigenvalue weighted by Gasteiger charge is -2.33. The van der Waals surface area contributed by atoms with Gasteiger partial charge >= 0.3 is 0 Å². The molecule has 0 aliphatic carbocycles. The molecule has 5 nitrogen and oxygen atoms in total. The normalized spacial score (nSPS) is 20.4. The predicted octanol–water partition coefficient (Wildman–Crippen LogP) is 1.70. The zero-order chi connectivity index (χ0) is 12.4. The Balaban J connectivity index is 2.33. The number of piperazine rings is 1. The van der Waals surface area contributed by atoms with E-state index in [0.29, 0.717) is 6.04 Å². The summed E-state index contributed by atoms with van der Waals surface area (Å²) in [6, 6.07) is 5.78. The Kier molecular flexibility index (Phi) is 3.28. The summed E-state index contributed by atoms with van der Waals surface area (Å²) in [5, 5.41) is 14.4. The summed E-state index contributed by atoms with van der Waals surface area (Å²) in [5.74, 6) is 0. The van der Waals surface area contributed by atoms with Crippen molar-refractivity contribution in [3.8, 4) is 0 Å². The highest BCUT2D eigenvalue weighted by molar-refractivity contribution is 5.64. The lowest BCUT2D eigenvalue weighted by Crippen LogP contribution is -2.49. The van der Waals surface area contributed by atoms with E-state index in [1.165, 1.54) is 0 Å². The topological polar surface area (TPSA) is 58.4 Å². The highest BCUT2D eigenvalue weighted by atomic mass is 16.6. The summed E-state index contributed by atoms with van der Waals surface area (Å²) in [6.45, 7) is 6.45. The second-order valence-electron chi connectivity index (χ2n) is 4.55. The quantitative estimate of drug-likeness (QED) is 0.626. The van der Waals surface area contributed by atoms with E-state index >= 15 is 0 Å². The zero-order valence-corrected chi connectivity index (χ0v) is 10.1. The minimum absolute atomic E-state index is 0.208. The van der Waals surface area contributed by atoms with Crippen LogP contribution in [0.3, 0.4) is 0 Å². The van der Waals surface area contributed by atoms with Gasteiger partial charge in [0.2, 0.25) is 0 Å². The maximum atomic E-state index is 11.1. The van der Waals surface area contributed by atoms with Gasteiger partial charge in [0.05, 0.1) is 4.92 Å². The molecular weight excluding hydrogens is 218 g/mol. The monoisotopic (exact) mass is 235 g/mol. The Bertz CT molecular complexity index is 434. The van der Waals surface area contributed by atoms with Crippen LogP contribution in [0.4, 0.5) is 11.4 Å². The Hall–Kier alpha value is -1.62. The van der Waals surface area contributed by atoms with Gasteiger partial charge in [0.15, 0.2) is 0 Å². The molecule has 1 aromatic rings. The maximum Gasteiger partial charge on any atom is 0.292 e. The van der Waals surface area contributed by atoms with Crippen molar-refractivity contribution in [3.05, 3.63) is 33.9 Å². The molecule has 0 bridgehead atoms. The van der Waals surface area contributed by atoms with E-state index < -0.39 is 0 Å². The average Bonchev–Trinajstić information content (AvgIpc) is 2.28. The van der Waals surface area contributed by atoms with Crippen LogP contribution in [0.5, 0.6) is 0 Å². The third-order valence-electron chi connectivity index (χ3n) is 3.04. The SMILES string of the molecule is Cc1ccc(N2CCN[C@@H](C)C2)c([N+](=O)[O-])c1. The van der Waals surface area contributed by atoms with Crippen molar-refractivity contribution in [1.29, 1.82) is 0 Å². The van der Waals surface area contributed by atoms with Gasteiger partial charge in [0.25, 0.3) is 5.69 Å². The molecule has 5 heteroatoms. The molecule has 1 saturated heterocycles. The van der Waals surface area contributed by atoms with Gasteiger partial charge in [-0.2, -0.15) is 0 Å². The van der Waals surface area contributed by atoms with Crippen molar-refractivity contribution in [1.82, 2.24) is 5.32 Å². The third kappa shape index (κ3) is 2.55. The van der Waals surface area contributed by atoms with Crippen LogP contribution in [-0.4, -0.2) is 30.6 Å². The number of hydrogen-bond donors (Lipinski definition) is 1. The van der Waals surface area contributed by atoms with E-state index in [1.807, 2.05) is 19.1 Å². The standard InChI is InChI=1S/C12H17N3O2/c1-9-3-4-11(12(7-9)15(16)17)14-6-5-13-10(2)8-14/h3-4,7,10,13H,5-6,8H2,1-2H3/t10-/m0/s1. The molecule has 0 radical (unpaired) electrons. The highest BCUT2D eigenvalue weighted by Gasteiger charge is 2.23. The molecule has 1 N–H and O–H groups in total. The van der Waals surface area contributed by atoms with Gasteiger partial charge in [-0.1, -0.05) is 6.07 Å². The number of nitrogens with one attached hydrogen (secondary N) is 1. The number of benzene rings is 1. The first kappa shape index (κ1) is 11.9. The van der Waals surface area contributed by atoms with Crippen LogP contribution in [0.25, 0.3) is 0 Å². The fourth-order valence-corrected chi connectivity index (χ4v) is 2.20. The number of aryl methyl sites for hydroxylation is 1. The molecule has 0 unspecified atom stereocenters. The summed E-state index contributed by atoms with van der Waals surface area (Å²) in [6.07, 6.45) is 0. The summed E-state index contributed by atoms with van der Waals surface area (Å²) in [5.41, 5.74) is 1.86. The number of nitro groups is 1. The largest absolute Gasteiger partial charge is 0.363 e. The van der Waals surface area contributed by atoms with Crippen molar-refractivity contribution in [3.63, 3.8) is 0 Å². The molecule has 1 heterocycles. The van der Waals surface area contributed by atoms with E-state index in [-0.39, 0.29) is 10.6 Å². The number of rotatable bonds is 2. The van der Waals surface area contributed by atoms with E-state index in [0.717, 1.165) is 30.9 Å². The van der Waals surface area contributed by atoms with E-state index in [9.17, 15) is 10.1 Å². The van der Waals surface area contributed by atoms with Crippen molar-refractivity contribution in [2.75, 3.05) is 24.5 Å². The number of nitrogens with zero attached hydrogens (tertiary/aromatic N) is 2. The molecule has 0 spiro atoms. The molecule has 1 aliphatic rings. The van der Waals surface area contributed by atoms with Crippen molar-refractivity contribution in [2.24, 2.45) is 0 Å². The van der Waals surface area contributed by atoms with Crippen molar-refractivity contribution in [2.45, 2.75) is 19.9 Å². The summed E-state index contributed by atoms with van der Waals surface area (Å²) < 4.78 is 0. The second kappa shape index (κ2) is 4.71. The first-order chi connectivity index (χ1) is 8.08. The van der Waals surface area contributed by atoms with Gasteiger partial charge in [-0.15, -0.1) is 0 Å². The Labute approximate surface area is 101 Å². The highest BCUT2D eigenvalue weighted by Crippen LogP contribution is 2.29. The Morgan fingerprint density at radius 2 is 2.29 bits per heavy atom. The molecule has 1 fully saturated rings. The number of hydrogen-bond acceptors (Lipinski definition) is 4. The van der Waals surface area contributed by atoms with E-state index in [4.69, 9.17) is 0 Å². The van der Waals surface area contributed by atoms with Crippen LogP contribution >= 0.6 is 0 Å². The van der Waals surface area contributed by atoms with E-state index in [2.05, 4.69) is 17.1 Å². The van der Waals surface area contributed by atoms with Crippen LogP contribution in [0.1, 0.15) is 12.5 Å². The van der Waals surface area contributed by atoms with E-state index in [1.54, 1.807) is 6.07 Å². The van der Waals surface area contributed by atoms with Crippen LogP contribution in [0.15, 0.2) is 18.2 Å². The number of nitro benzene ring substituents is 1.